The highest BCUT2D eigenvalue weighted by atomic mass is 35.5. The van der Waals surface area contributed by atoms with Gasteiger partial charge in [0.05, 0.1) is 16.3 Å². The Kier molecular flexibility index (Phi) is 4.68. The fraction of sp³-hybridized carbons (Fsp3) is 0.286. The van der Waals surface area contributed by atoms with Crippen LogP contribution in [-0.4, -0.2) is 15.7 Å². The Hall–Kier alpha value is -1.52. The van der Waals surface area contributed by atoms with Gasteiger partial charge in [-0.3, -0.25) is 9.48 Å². The van der Waals surface area contributed by atoms with Crippen LogP contribution < -0.4 is 5.32 Å². The maximum atomic E-state index is 12.1. The van der Waals surface area contributed by atoms with Crippen LogP contribution in [0.5, 0.6) is 0 Å². The van der Waals surface area contributed by atoms with Crippen molar-refractivity contribution in [1.82, 2.24) is 15.1 Å². The highest BCUT2D eigenvalue weighted by Gasteiger charge is 2.11. The van der Waals surface area contributed by atoms with Crippen LogP contribution in [-0.2, 0) is 13.1 Å². The quantitative estimate of drug-likeness (QED) is 0.940. The van der Waals surface area contributed by atoms with E-state index in [9.17, 15) is 4.79 Å². The van der Waals surface area contributed by atoms with E-state index in [2.05, 4.69) is 10.4 Å². The van der Waals surface area contributed by atoms with Crippen LogP contribution in [0.3, 0.4) is 0 Å². The molecule has 1 N–H and O–H groups in total. The summed E-state index contributed by atoms with van der Waals surface area (Å²) in [5.41, 5.74) is 2.32. The smallest absolute Gasteiger partial charge is 0.253 e. The third-order valence-corrected chi connectivity index (χ3v) is 3.53. The fourth-order valence-corrected chi connectivity index (χ4v) is 2.33. The van der Waals surface area contributed by atoms with Gasteiger partial charge in [-0.1, -0.05) is 23.2 Å². The summed E-state index contributed by atoms with van der Waals surface area (Å²) < 4.78 is 1.84. The van der Waals surface area contributed by atoms with E-state index >= 15 is 0 Å². The second kappa shape index (κ2) is 6.29. The van der Waals surface area contributed by atoms with Gasteiger partial charge < -0.3 is 5.32 Å². The average Bonchev–Trinajstić information content (AvgIpc) is 2.76. The van der Waals surface area contributed by atoms with Crippen LogP contribution in [0.15, 0.2) is 24.4 Å². The number of benzene rings is 1. The Bertz CT molecular complexity index is 637. The van der Waals surface area contributed by atoms with Gasteiger partial charge in [-0.25, -0.2) is 0 Å². The molecule has 0 radical (unpaired) electrons. The number of rotatable bonds is 4. The Morgan fingerprint density at radius 3 is 2.75 bits per heavy atom. The van der Waals surface area contributed by atoms with Gasteiger partial charge in [-0.2, -0.15) is 5.10 Å². The van der Waals surface area contributed by atoms with E-state index in [0.29, 0.717) is 22.2 Å². The molecule has 2 aromatic rings. The van der Waals surface area contributed by atoms with E-state index in [1.807, 2.05) is 24.7 Å². The zero-order valence-corrected chi connectivity index (χ0v) is 12.8. The Morgan fingerprint density at radius 2 is 2.15 bits per heavy atom. The summed E-state index contributed by atoms with van der Waals surface area (Å²) in [5, 5.41) is 8.01. The lowest BCUT2D eigenvalue weighted by atomic mass is 10.2. The minimum Gasteiger partial charge on any atom is -0.348 e. The van der Waals surface area contributed by atoms with E-state index < -0.39 is 0 Å². The van der Waals surface area contributed by atoms with E-state index in [-0.39, 0.29) is 5.91 Å². The molecule has 1 amide bonds. The molecule has 2 rings (SSSR count). The molecule has 1 aromatic carbocycles. The van der Waals surface area contributed by atoms with Crippen molar-refractivity contribution in [2.24, 2.45) is 0 Å². The van der Waals surface area contributed by atoms with Gasteiger partial charge in [-0.15, -0.1) is 0 Å². The van der Waals surface area contributed by atoms with Gasteiger partial charge in [-0.05, 0) is 32.0 Å². The molecule has 1 aromatic heterocycles. The number of carbonyl (C=O) groups excluding carboxylic acids is 1. The van der Waals surface area contributed by atoms with E-state index in [0.717, 1.165) is 17.8 Å². The predicted molar refractivity (Wildman–Crippen MR) is 80.3 cm³/mol. The summed E-state index contributed by atoms with van der Waals surface area (Å²) in [6, 6.07) is 4.81. The van der Waals surface area contributed by atoms with Crippen molar-refractivity contribution in [3.05, 3.63) is 51.3 Å². The third kappa shape index (κ3) is 3.32. The van der Waals surface area contributed by atoms with Crippen LogP contribution in [0, 0.1) is 6.92 Å². The van der Waals surface area contributed by atoms with Gasteiger partial charge in [0.25, 0.3) is 5.91 Å². The molecule has 0 unspecified atom stereocenters. The predicted octanol–water partition coefficient (Wildman–Crippen LogP) is 3.45. The van der Waals surface area contributed by atoms with Gasteiger partial charge >= 0.3 is 0 Å². The standard InChI is InChI=1S/C14H15Cl2N3O/c1-3-19-8-10(9(2)18-19)7-17-14(20)12-5-4-11(15)6-13(12)16/h4-6,8H,3,7H2,1-2H3,(H,17,20). The van der Waals surface area contributed by atoms with Crippen LogP contribution >= 0.6 is 23.2 Å². The molecule has 0 aliphatic carbocycles. The van der Waals surface area contributed by atoms with Gasteiger partial charge in [0.2, 0.25) is 0 Å². The van der Waals surface area contributed by atoms with Crippen molar-refractivity contribution in [3.8, 4) is 0 Å². The number of nitrogens with zero attached hydrogens (tertiary/aromatic N) is 2. The van der Waals surface area contributed by atoms with Crippen LogP contribution in [0.1, 0.15) is 28.5 Å². The van der Waals surface area contributed by atoms with Crippen LogP contribution in [0.2, 0.25) is 10.0 Å². The average molecular weight is 312 g/mol. The summed E-state index contributed by atoms with van der Waals surface area (Å²) in [6.45, 7) is 5.16. The maximum absolute atomic E-state index is 12.1. The largest absolute Gasteiger partial charge is 0.348 e. The number of halogens is 2. The number of amides is 1. The normalized spacial score (nSPS) is 10.6. The number of hydrogen-bond donors (Lipinski definition) is 1. The molecule has 0 fully saturated rings. The molecule has 1 heterocycles. The van der Waals surface area contributed by atoms with Crippen molar-refractivity contribution in [2.75, 3.05) is 0 Å². The fourth-order valence-electron chi connectivity index (χ4n) is 1.84. The van der Waals surface area contributed by atoms with Gasteiger partial charge in [0.15, 0.2) is 0 Å². The van der Waals surface area contributed by atoms with Crippen LogP contribution in [0.4, 0.5) is 0 Å². The molecule has 6 heteroatoms. The topological polar surface area (TPSA) is 46.9 Å². The zero-order chi connectivity index (χ0) is 14.7. The molecular weight excluding hydrogens is 297 g/mol. The lowest BCUT2D eigenvalue weighted by molar-refractivity contribution is 0.0951. The summed E-state index contributed by atoms with van der Waals surface area (Å²) in [7, 11) is 0. The Balaban J connectivity index is 2.06. The molecule has 4 nitrogen and oxygen atoms in total. The third-order valence-electron chi connectivity index (χ3n) is 2.99. The molecule has 0 saturated carbocycles. The van der Waals surface area contributed by atoms with Gasteiger partial charge in [0, 0.05) is 29.9 Å². The SMILES string of the molecule is CCn1cc(CNC(=O)c2ccc(Cl)cc2Cl)c(C)n1. The highest BCUT2D eigenvalue weighted by molar-refractivity contribution is 6.36. The molecule has 106 valence electrons. The van der Waals surface area contributed by atoms with Crippen molar-refractivity contribution < 1.29 is 4.79 Å². The van der Waals surface area contributed by atoms with E-state index in [4.69, 9.17) is 23.2 Å². The second-order valence-electron chi connectivity index (χ2n) is 4.40. The van der Waals surface area contributed by atoms with Crippen molar-refractivity contribution in [1.29, 1.82) is 0 Å². The molecule has 20 heavy (non-hydrogen) atoms. The van der Waals surface area contributed by atoms with E-state index in [1.54, 1.807) is 18.2 Å². The van der Waals surface area contributed by atoms with Crippen molar-refractivity contribution >= 4 is 29.1 Å². The molecule has 0 aliphatic rings. The number of aromatic nitrogens is 2. The summed E-state index contributed by atoms with van der Waals surface area (Å²) in [5.74, 6) is -0.227. The van der Waals surface area contributed by atoms with Crippen molar-refractivity contribution in [2.45, 2.75) is 26.9 Å². The lowest BCUT2D eigenvalue weighted by Gasteiger charge is -2.06. The molecule has 0 atom stereocenters. The monoisotopic (exact) mass is 311 g/mol. The number of aryl methyl sites for hydroxylation is 2. The van der Waals surface area contributed by atoms with Gasteiger partial charge in [0.1, 0.15) is 0 Å². The molecule has 0 spiro atoms. The summed E-state index contributed by atoms with van der Waals surface area (Å²) in [4.78, 5) is 12.1. The molecule has 0 saturated heterocycles. The first-order chi connectivity index (χ1) is 9.51. The minimum atomic E-state index is -0.227. The number of nitrogens with one attached hydrogen (secondary N) is 1. The summed E-state index contributed by atoms with van der Waals surface area (Å²) in [6.07, 6.45) is 1.93. The minimum absolute atomic E-state index is 0.227. The Morgan fingerprint density at radius 1 is 1.40 bits per heavy atom. The summed E-state index contributed by atoms with van der Waals surface area (Å²) >= 11 is 11.8. The molecular formula is C14H15Cl2N3O. The molecule has 0 bridgehead atoms. The zero-order valence-electron chi connectivity index (χ0n) is 11.3. The first-order valence-electron chi connectivity index (χ1n) is 6.27. The highest BCUT2D eigenvalue weighted by Crippen LogP contribution is 2.21. The van der Waals surface area contributed by atoms with Crippen LogP contribution in [0.25, 0.3) is 0 Å². The lowest BCUT2D eigenvalue weighted by Crippen LogP contribution is -2.23. The first kappa shape index (κ1) is 14.9. The van der Waals surface area contributed by atoms with Crippen molar-refractivity contribution in [3.63, 3.8) is 0 Å². The Labute approximate surface area is 127 Å². The van der Waals surface area contributed by atoms with E-state index in [1.165, 1.54) is 0 Å². The maximum Gasteiger partial charge on any atom is 0.253 e. The molecule has 0 aliphatic heterocycles. The number of hydrogen-bond acceptors (Lipinski definition) is 2. The first-order valence-corrected chi connectivity index (χ1v) is 7.03. The second-order valence-corrected chi connectivity index (χ2v) is 5.25. The number of carbonyl (C=O) groups is 1.